The summed E-state index contributed by atoms with van der Waals surface area (Å²) in [5.74, 6) is -0.150. The van der Waals surface area contributed by atoms with Crippen LogP contribution in [0.25, 0.3) is 0 Å². The Labute approximate surface area is 117 Å². The number of halogens is 1. The van der Waals surface area contributed by atoms with Crippen LogP contribution in [-0.4, -0.2) is 10.2 Å². The monoisotopic (exact) mass is 275 g/mol. The van der Waals surface area contributed by atoms with Crippen molar-refractivity contribution in [2.24, 2.45) is 0 Å². The van der Waals surface area contributed by atoms with Crippen LogP contribution in [0.4, 0.5) is 4.39 Å². The number of aromatic hydroxyl groups is 2. The summed E-state index contributed by atoms with van der Waals surface area (Å²) in [5, 5.41) is 22.1. The standard InChI is InChI=1S/C16H18FNO2/c1-10-3-4-12(7-15(10)17)11(2)18-9-13-5-6-14(19)8-16(13)20/h3-8,11,18-20H,9H2,1-2H3. The first-order valence-electron chi connectivity index (χ1n) is 6.47. The van der Waals surface area contributed by atoms with E-state index in [1.807, 2.05) is 13.0 Å². The van der Waals surface area contributed by atoms with Gasteiger partial charge in [-0.05, 0) is 37.1 Å². The van der Waals surface area contributed by atoms with Crippen molar-refractivity contribution < 1.29 is 14.6 Å². The van der Waals surface area contributed by atoms with Gasteiger partial charge in [0, 0.05) is 24.2 Å². The molecule has 106 valence electrons. The van der Waals surface area contributed by atoms with Crippen molar-refractivity contribution in [1.82, 2.24) is 5.32 Å². The summed E-state index contributed by atoms with van der Waals surface area (Å²) < 4.78 is 13.5. The van der Waals surface area contributed by atoms with Gasteiger partial charge in [-0.1, -0.05) is 18.2 Å². The smallest absolute Gasteiger partial charge is 0.126 e. The van der Waals surface area contributed by atoms with Crippen molar-refractivity contribution in [3.05, 3.63) is 58.9 Å². The van der Waals surface area contributed by atoms with Crippen molar-refractivity contribution in [1.29, 1.82) is 0 Å². The highest BCUT2D eigenvalue weighted by Gasteiger charge is 2.09. The van der Waals surface area contributed by atoms with Crippen molar-refractivity contribution in [2.45, 2.75) is 26.4 Å². The molecule has 0 heterocycles. The lowest BCUT2D eigenvalue weighted by Gasteiger charge is -2.15. The molecule has 0 saturated carbocycles. The third kappa shape index (κ3) is 3.27. The number of benzene rings is 2. The van der Waals surface area contributed by atoms with Crippen molar-refractivity contribution in [3.8, 4) is 11.5 Å². The Morgan fingerprint density at radius 3 is 2.55 bits per heavy atom. The van der Waals surface area contributed by atoms with Gasteiger partial charge in [0.1, 0.15) is 17.3 Å². The molecule has 4 heteroatoms. The van der Waals surface area contributed by atoms with E-state index in [0.717, 1.165) is 5.56 Å². The van der Waals surface area contributed by atoms with Crippen LogP contribution in [0.1, 0.15) is 29.7 Å². The molecule has 0 radical (unpaired) electrons. The summed E-state index contributed by atoms with van der Waals surface area (Å²) in [5.41, 5.74) is 2.16. The molecule has 0 aliphatic rings. The predicted octanol–water partition coefficient (Wildman–Crippen LogP) is 3.40. The second kappa shape index (κ2) is 5.92. The minimum absolute atomic E-state index is 0.0277. The normalized spacial score (nSPS) is 12.3. The Morgan fingerprint density at radius 2 is 1.90 bits per heavy atom. The third-order valence-corrected chi connectivity index (χ3v) is 3.36. The van der Waals surface area contributed by atoms with E-state index in [0.29, 0.717) is 17.7 Å². The number of rotatable bonds is 4. The van der Waals surface area contributed by atoms with E-state index in [9.17, 15) is 14.6 Å². The molecule has 2 aromatic rings. The molecule has 0 aliphatic heterocycles. The molecule has 0 saturated heterocycles. The molecule has 0 fully saturated rings. The van der Waals surface area contributed by atoms with Gasteiger partial charge >= 0.3 is 0 Å². The summed E-state index contributed by atoms with van der Waals surface area (Å²) in [7, 11) is 0. The lowest BCUT2D eigenvalue weighted by Crippen LogP contribution is -2.18. The Morgan fingerprint density at radius 1 is 1.15 bits per heavy atom. The van der Waals surface area contributed by atoms with Crippen molar-refractivity contribution in [2.75, 3.05) is 0 Å². The van der Waals surface area contributed by atoms with E-state index in [4.69, 9.17) is 0 Å². The topological polar surface area (TPSA) is 52.5 Å². The number of hydrogen-bond acceptors (Lipinski definition) is 3. The summed E-state index contributed by atoms with van der Waals surface area (Å²) >= 11 is 0. The van der Waals surface area contributed by atoms with Gasteiger partial charge in [-0.3, -0.25) is 0 Å². The second-order valence-electron chi connectivity index (χ2n) is 4.92. The first-order valence-corrected chi connectivity index (χ1v) is 6.47. The van der Waals surface area contributed by atoms with Crippen LogP contribution in [0.5, 0.6) is 11.5 Å². The quantitative estimate of drug-likeness (QED) is 0.801. The zero-order valence-electron chi connectivity index (χ0n) is 11.5. The molecule has 1 unspecified atom stereocenters. The van der Waals surface area contributed by atoms with Gasteiger partial charge in [0.2, 0.25) is 0 Å². The first-order chi connectivity index (χ1) is 9.47. The SMILES string of the molecule is Cc1ccc(C(C)NCc2ccc(O)cc2O)cc1F. The van der Waals surface area contributed by atoms with Crippen LogP contribution >= 0.6 is 0 Å². The molecule has 3 nitrogen and oxygen atoms in total. The van der Waals surface area contributed by atoms with Crippen molar-refractivity contribution >= 4 is 0 Å². The van der Waals surface area contributed by atoms with E-state index in [1.54, 1.807) is 19.1 Å². The molecule has 0 aromatic heterocycles. The van der Waals surface area contributed by atoms with E-state index < -0.39 is 0 Å². The highest BCUT2D eigenvalue weighted by Crippen LogP contribution is 2.23. The number of phenolic OH excluding ortho intramolecular Hbond substituents is 2. The van der Waals surface area contributed by atoms with Crippen LogP contribution in [0.15, 0.2) is 36.4 Å². The van der Waals surface area contributed by atoms with Crippen LogP contribution in [-0.2, 0) is 6.54 Å². The van der Waals surface area contributed by atoms with Gasteiger partial charge in [-0.15, -0.1) is 0 Å². The Balaban J connectivity index is 2.04. The van der Waals surface area contributed by atoms with Gasteiger partial charge in [0.25, 0.3) is 0 Å². The molecule has 0 amide bonds. The maximum atomic E-state index is 13.5. The fourth-order valence-corrected chi connectivity index (χ4v) is 1.96. The molecule has 0 spiro atoms. The molecule has 1 atom stereocenters. The average molecular weight is 275 g/mol. The predicted molar refractivity (Wildman–Crippen MR) is 76.2 cm³/mol. The Bertz CT molecular complexity index is 613. The van der Waals surface area contributed by atoms with E-state index in [-0.39, 0.29) is 23.4 Å². The van der Waals surface area contributed by atoms with Crippen LogP contribution < -0.4 is 5.32 Å². The minimum atomic E-state index is -0.219. The Hall–Kier alpha value is -2.07. The van der Waals surface area contributed by atoms with Crippen LogP contribution in [0.2, 0.25) is 0 Å². The molecular weight excluding hydrogens is 257 g/mol. The fourth-order valence-electron chi connectivity index (χ4n) is 1.96. The molecule has 20 heavy (non-hydrogen) atoms. The zero-order valence-corrected chi connectivity index (χ0v) is 11.5. The molecule has 3 N–H and O–H groups in total. The molecule has 0 aliphatic carbocycles. The lowest BCUT2D eigenvalue weighted by atomic mass is 10.1. The average Bonchev–Trinajstić information content (AvgIpc) is 2.40. The molecule has 2 rings (SSSR count). The van der Waals surface area contributed by atoms with E-state index >= 15 is 0 Å². The number of hydrogen-bond donors (Lipinski definition) is 3. The second-order valence-corrected chi connectivity index (χ2v) is 4.92. The molecule has 0 bridgehead atoms. The summed E-state index contributed by atoms with van der Waals surface area (Å²) in [6.45, 7) is 4.09. The largest absolute Gasteiger partial charge is 0.508 e. The highest BCUT2D eigenvalue weighted by molar-refractivity contribution is 5.39. The number of phenols is 2. The first kappa shape index (κ1) is 14.3. The van der Waals surface area contributed by atoms with Gasteiger partial charge in [0.15, 0.2) is 0 Å². The lowest BCUT2D eigenvalue weighted by molar-refractivity contribution is 0.441. The number of nitrogens with one attached hydrogen (secondary N) is 1. The zero-order chi connectivity index (χ0) is 14.7. The third-order valence-electron chi connectivity index (χ3n) is 3.36. The van der Waals surface area contributed by atoms with Gasteiger partial charge in [-0.25, -0.2) is 4.39 Å². The van der Waals surface area contributed by atoms with Crippen LogP contribution in [0, 0.1) is 12.7 Å². The van der Waals surface area contributed by atoms with E-state index in [2.05, 4.69) is 5.32 Å². The fraction of sp³-hybridized carbons (Fsp3) is 0.250. The molecular formula is C16H18FNO2. The van der Waals surface area contributed by atoms with E-state index in [1.165, 1.54) is 18.2 Å². The summed E-state index contributed by atoms with van der Waals surface area (Å²) in [4.78, 5) is 0. The van der Waals surface area contributed by atoms with Gasteiger partial charge < -0.3 is 15.5 Å². The minimum Gasteiger partial charge on any atom is -0.508 e. The maximum absolute atomic E-state index is 13.5. The van der Waals surface area contributed by atoms with Gasteiger partial charge in [-0.2, -0.15) is 0 Å². The Kier molecular flexibility index (Phi) is 4.25. The number of aryl methyl sites for hydroxylation is 1. The summed E-state index contributed by atoms with van der Waals surface area (Å²) in [6, 6.07) is 9.58. The van der Waals surface area contributed by atoms with Gasteiger partial charge in [0.05, 0.1) is 0 Å². The highest BCUT2D eigenvalue weighted by atomic mass is 19.1. The summed E-state index contributed by atoms with van der Waals surface area (Å²) in [6.07, 6.45) is 0. The molecule has 2 aromatic carbocycles. The van der Waals surface area contributed by atoms with Crippen molar-refractivity contribution in [3.63, 3.8) is 0 Å². The van der Waals surface area contributed by atoms with Crippen LogP contribution in [0.3, 0.4) is 0 Å². The maximum Gasteiger partial charge on any atom is 0.126 e.